The van der Waals surface area contributed by atoms with E-state index in [0.717, 1.165) is 67.4 Å². The Morgan fingerprint density at radius 2 is 0.947 bits per heavy atom. The summed E-state index contributed by atoms with van der Waals surface area (Å²) >= 11 is 1.83. The first-order valence-corrected chi connectivity index (χ1v) is 19.9. The van der Waals surface area contributed by atoms with E-state index >= 15 is 0 Å². The van der Waals surface area contributed by atoms with Gasteiger partial charge in [-0.25, -0.2) is 9.97 Å². The van der Waals surface area contributed by atoms with Crippen LogP contribution in [0.25, 0.3) is 109 Å². The van der Waals surface area contributed by atoms with Crippen molar-refractivity contribution in [1.29, 1.82) is 0 Å². The molecule has 5 heterocycles. The SMILES string of the molecule is c1ccc(-c2cc(-c3cccc(-c4cccc(-c5cccc6nc(-c7cccc8ccccc78)c7sc8ccccc8c7c56)c4)c3)cc(-c3ccccn3)n2)nc1. The molecule has 0 saturated heterocycles. The number of hydrogen-bond donors (Lipinski definition) is 0. The molecular formula is C52H32N4S. The summed E-state index contributed by atoms with van der Waals surface area (Å²) in [6.07, 6.45) is 3.61. The zero-order valence-corrected chi connectivity index (χ0v) is 31.5. The van der Waals surface area contributed by atoms with Crippen molar-refractivity contribution in [3.63, 3.8) is 0 Å². The van der Waals surface area contributed by atoms with Crippen LogP contribution in [0.2, 0.25) is 0 Å². The molecule has 6 aromatic carbocycles. The molecule has 0 amide bonds. The van der Waals surface area contributed by atoms with E-state index in [9.17, 15) is 0 Å². The van der Waals surface area contributed by atoms with Crippen LogP contribution in [0, 0.1) is 0 Å². The Morgan fingerprint density at radius 3 is 1.68 bits per heavy atom. The highest BCUT2D eigenvalue weighted by atomic mass is 32.1. The van der Waals surface area contributed by atoms with Crippen molar-refractivity contribution in [1.82, 2.24) is 19.9 Å². The quantitative estimate of drug-likeness (QED) is 0.170. The molecule has 0 fully saturated rings. The first kappa shape index (κ1) is 33.0. The molecular weight excluding hydrogens is 713 g/mol. The molecule has 5 aromatic heterocycles. The molecule has 0 N–H and O–H groups in total. The Morgan fingerprint density at radius 1 is 0.368 bits per heavy atom. The van der Waals surface area contributed by atoms with E-state index in [4.69, 9.17) is 9.97 Å². The number of hydrogen-bond acceptors (Lipinski definition) is 5. The van der Waals surface area contributed by atoms with Gasteiger partial charge in [0.2, 0.25) is 0 Å². The molecule has 0 spiro atoms. The third-order valence-electron chi connectivity index (χ3n) is 10.8. The van der Waals surface area contributed by atoms with Gasteiger partial charge in [-0.15, -0.1) is 11.3 Å². The highest BCUT2D eigenvalue weighted by Gasteiger charge is 2.20. The van der Waals surface area contributed by atoms with Gasteiger partial charge in [-0.05, 0) is 105 Å². The fraction of sp³-hybridized carbons (Fsp3) is 0. The summed E-state index contributed by atoms with van der Waals surface area (Å²) in [7, 11) is 0. The summed E-state index contributed by atoms with van der Waals surface area (Å²) in [6.45, 7) is 0. The van der Waals surface area contributed by atoms with E-state index in [-0.39, 0.29) is 0 Å². The molecule has 0 bridgehead atoms. The summed E-state index contributed by atoms with van der Waals surface area (Å²) in [6, 6.07) is 64.2. The molecule has 11 aromatic rings. The number of rotatable bonds is 6. The standard InChI is InChI=1S/C52H32N4S/c1-2-19-39-33(13-1)14-11-22-41(39)51-52-50(42-20-3-4-26-48(42)57-52)49-40(21-12-25-45(49)56-51)37-18-10-16-35(30-37)34-15-9-17-36(29-34)38-31-46(43-23-5-7-27-53-43)55-47(32-38)44-24-6-8-28-54-44/h1-32H. The summed E-state index contributed by atoms with van der Waals surface area (Å²) < 4.78 is 2.47. The molecule has 0 aliphatic rings. The highest BCUT2D eigenvalue weighted by molar-refractivity contribution is 7.26. The van der Waals surface area contributed by atoms with Crippen molar-refractivity contribution in [2.45, 2.75) is 0 Å². The van der Waals surface area contributed by atoms with Crippen molar-refractivity contribution in [2.24, 2.45) is 0 Å². The summed E-state index contributed by atoms with van der Waals surface area (Å²) in [5.41, 5.74) is 13.2. The maximum atomic E-state index is 5.49. The topological polar surface area (TPSA) is 51.6 Å². The van der Waals surface area contributed by atoms with Gasteiger partial charge in [0.05, 0.1) is 38.7 Å². The minimum Gasteiger partial charge on any atom is -0.255 e. The monoisotopic (exact) mass is 744 g/mol. The molecule has 11 rings (SSSR count). The third-order valence-corrected chi connectivity index (χ3v) is 11.9. The van der Waals surface area contributed by atoms with Crippen LogP contribution < -0.4 is 0 Å². The lowest BCUT2D eigenvalue weighted by Gasteiger charge is -2.14. The fourth-order valence-electron chi connectivity index (χ4n) is 8.12. The highest BCUT2D eigenvalue weighted by Crippen LogP contribution is 2.46. The minimum atomic E-state index is 0.807. The second-order valence-electron chi connectivity index (χ2n) is 14.2. The first-order chi connectivity index (χ1) is 28.2. The Hall–Kier alpha value is -7.34. The number of aromatic nitrogens is 4. The van der Waals surface area contributed by atoms with Crippen LogP contribution in [0.15, 0.2) is 194 Å². The van der Waals surface area contributed by atoms with Gasteiger partial charge in [-0.2, -0.15) is 0 Å². The number of nitrogens with zero attached hydrogens (tertiary/aromatic N) is 4. The van der Waals surface area contributed by atoms with Crippen LogP contribution in [-0.4, -0.2) is 19.9 Å². The van der Waals surface area contributed by atoms with Crippen LogP contribution in [-0.2, 0) is 0 Å². The lowest BCUT2D eigenvalue weighted by atomic mass is 9.92. The molecule has 266 valence electrons. The maximum absolute atomic E-state index is 5.49. The number of pyridine rings is 4. The second kappa shape index (κ2) is 13.7. The zero-order chi connectivity index (χ0) is 37.7. The summed E-state index contributed by atoms with van der Waals surface area (Å²) in [4.78, 5) is 19.7. The number of fused-ring (bicyclic) bond motifs is 6. The molecule has 0 radical (unpaired) electrons. The first-order valence-electron chi connectivity index (χ1n) is 19.0. The van der Waals surface area contributed by atoms with E-state index in [1.807, 2.05) is 47.7 Å². The van der Waals surface area contributed by atoms with Gasteiger partial charge in [0.1, 0.15) is 0 Å². The fourth-order valence-corrected chi connectivity index (χ4v) is 9.33. The van der Waals surface area contributed by atoms with Crippen LogP contribution in [0.3, 0.4) is 0 Å². The smallest absolute Gasteiger partial charge is 0.0900 e. The number of benzene rings is 6. The molecule has 0 atom stereocenters. The van der Waals surface area contributed by atoms with Crippen LogP contribution in [0.1, 0.15) is 0 Å². The van der Waals surface area contributed by atoms with Crippen LogP contribution in [0.4, 0.5) is 0 Å². The molecule has 57 heavy (non-hydrogen) atoms. The second-order valence-corrected chi connectivity index (χ2v) is 15.3. The van der Waals surface area contributed by atoms with E-state index in [0.29, 0.717) is 0 Å². The van der Waals surface area contributed by atoms with Crippen molar-refractivity contribution in [2.75, 3.05) is 0 Å². The normalized spacial score (nSPS) is 11.5. The van der Waals surface area contributed by atoms with Crippen LogP contribution in [0.5, 0.6) is 0 Å². The van der Waals surface area contributed by atoms with Crippen molar-refractivity contribution >= 4 is 53.2 Å². The molecule has 0 unspecified atom stereocenters. The van der Waals surface area contributed by atoms with E-state index < -0.39 is 0 Å². The predicted octanol–water partition coefficient (Wildman–Crippen LogP) is 13.9. The van der Waals surface area contributed by atoms with Crippen molar-refractivity contribution < 1.29 is 0 Å². The Labute approximate surface area is 333 Å². The summed E-state index contributed by atoms with van der Waals surface area (Å²) in [5.74, 6) is 0. The van der Waals surface area contributed by atoms with Crippen molar-refractivity contribution in [3.05, 3.63) is 194 Å². The molecule has 0 aliphatic heterocycles. The van der Waals surface area contributed by atoms with E-state index in [2.05, 4.69) is 156 Å². The third kappa shape index (κ3) is 5.84. The average Bonchev–Trinajstić information content (AvgIpc) is 3.69. The maximum Gasteiger partial charge on any atom is 0.0900 e. The van der Waals surface area contributed by atoms with Crippen LogP contribution >= 0.6 is 11.3 Å². The lowest BCUT2D eigenvalue weighted by Crippen LogP contribution is -1.94. The Kier molecular flexibility index (Phi) is 7.97. The predicted molar refractivity (Wildman–Crippen MR) is 238 cm³/mol. The van der Waals surface area contributed by atoms with Gasteiger partial charge in [0.25, 0.3) is 0 Å². The van der Waals surface area contributed by atoms with Gasteiger partial charge in [-0.3, -0.25) is 9.97 Å². The molecule has 5 heteroatoms. The van der Waals surface area contributed by atoms with Gasteiger partial charge < -0.3 is 0 Å². The Bertz CT molecular complexity index is 3240. The van der Waals surface area contributed by atoms with Gasteiger partial charge in [0.15, 0.2) is 0 Å². The van der Waals surface area contributed by atoms with E-state index in [1.54, 1.807) is 12.4 Å². The summed E-state index contributed by atoms with van der Waals surface area (Å²) in [5, 5.41) is 6.13. The molecule has 4 nitrogen and oxygen atoms in total. The van der Waals surface area contributed by atoms with Gasteiger partial charge in [-0.1, -0.05) is 121 Å². The average molecular weight is 745 g/mol. The molecule has 0 aliphatic carbocycles. The van der Waals surface area contributed by atoms with Gasteiger partial charge in [0, 0.05) is 38.8 Å². The zero-order valence-electron chi connectivity index (χ0n) is 30.7. The number of thiophene rings is 1. The van der Waals surface area contributed by atoms with Crippen molar-refractivity contribution in [3.8, 4) is 67.4 Å². The Balaban J connectivity index is 1.06. The van der Waals surface area contributed by atoms with Gasteiger partial charge >= 0.3 is 0 Å². The minimum absolute atomic E-state index is 0.807. The largest absolute Gasteiger partial charge is 0.255 e. The molecule has 0 saturated carbocycles. The van der Waals surface area contributed by atoms with E-state index in [1.165, 1.54) is 41.9 Å². The lowest BCUT2D eigenvalue weighted by molar-refractivity contribution is 1.22.